The number of carboxylic acids is 1. The van der Waals surface area contributed by atoms with Crippen molar-refractivity contribution >= 4 is 11.8 Å². The van der Waals surface area contributed by atoms with E-state index in [1.54, 1.807) is 36.2 Å². The maximum absolute atomic E-state index is 13.5. The lowest BCUT2D eigenvalue weighted by molar-refractivity contribution is -0.138. The van der Waals surface area contributed by atoms with Gasteiger partial charge in [-0.15, -0.1) is 0 Å². The highest BCUT2D eigenvalue weighted by Crippen LogP contribution is 2.27. The van der Waals surface area contributed by atoms with Crippen molar-refractivity contribution < 1.29 is 32.6 Å². The monoisotopic (exact) mass is 457 g/mol. The number of hydrogen-bond acceptors (Lipinski definition) is 4. The van der Waals surface area contributed by atoms with Gasteiger partial charge in [0, 0.05) is 24.1 Å². The van der Waals surface area contributed by atoms with Crippen molar-refractivity contribution in [2.75, 3.05) is 20.1 Å². The highest BCUT2D eigenvalue weighted by molar-refractivity contribution is 6.09. The van der Waals surface area contributed by atoms with Gasteiger partial charge in [-0.2, -0.15) is 0 Å². The number of hydrogen-bond donors (Lipinski definition) is 1. The summed E-state index contributed by atoms with van der Waals surface area (Å²) in [6.45, 7) is 0.246. The molecule has 0 fully saturated rings. The SMILES string of the molecule is CN(CCC(Oc1cccc(C(=O)c2ccc(F)c(F)c2)c1)c1ccc(F)cc1)CC(=O)O. The van der Waals surface area contributed by atoms with Crippen LogP contribution in [-0.2, 0) is 4.79 Å². The third-order valence-corrected chi connectivity index (χ3v) is 4.98. The number of likely N-dealkylation sites (N-methyl/N-ethyl adjacent to an activating group) is 1. The van der Waals surface area contributed by atoms with Crippen LogP contribution in [0.1, 0.15) is 34.0 Å². The normalized spacial score (nSPS) is 11.9. The fourth-order valence-corrected chi connectivity index (χ4v) is 3.30. The average molecular weight is 457 g/mol. The Morgan fingerprint density at radius 1 is 0.939 bits per heavy atom. The van der Waals surface area contributed by atoms with E-state index in [9.17, 15) is 22.8 Å². The number of carbonyl (C=O) groups is 2. The van der Waals surface area contributed by atoms with Gasteiger partial charge in [-0.05, 0) is 55.1 Å². The van der Waals surface area contributed by atoms with Crippen LogP contribution < -0.4 is 4.74 Å². The Bertz CT molecular complexity index is 1130. The highest BCUT2D eigenvalue weighted by atomic mass is 19.2. The lowest BCUT2D eigenvalue weighted by Gasteiger charge is -2.23. The first kappa shape index (κ1) is 24.0. The average Bonchev–Trinajstić information content (AvgIpc) is 2.78. The summed E-state index contributed by atoms with van der Waals surface area (Å²) in [6.07, 6.45) is -0.146. The summed E-state index contributed by atoms with van der Waals surface area (Å²) in [5.74, 6) is -3.67. The molecule has 5 nitrogen and oxygen atoms in total. The first-order valence-electron chi connectivity index (χ1n) is 10.1. The van der Waals surface area contributed by atoms with Crippen molar-refractivity contribution in [1.29, 1.82) is 0 Å². The maximum Gasteiger partial charge on any atom is 0.317 e. The summed E-state index contributed by atoms with van der Waals surface area (Å²) in [6, 6.07) is 14.9. The number of nitrogens with zero attached hydrogens (tertiary/aromatic N) is 1. The second-order valence-electron chi connectivity index (χ2n) is 7.56. The number of halogens is 3. The topological polar surface area (TPSA) is 66.8 Å². The molecule has 0 bridgehead atoms. The summed E-state index contributed by atoms with van der Waals surface area (Å²) in [4.78, 5) is 25.3. The third-order valence-electron chi connectivity index (χ3n) is 4.98. The van der Waals surface area contributed by atoms with Crippen molar-refractivity contribution in [3.63, 3.8) is 0 Å². The number of carbonyl (C=O) groups excluding carboxylic acids is 1. The highest BCUT2D eigenvalue weighted by Gasteiger charge is 2.18. The van der Waals surface area contributed by atoms with E-state index in [4.69, 9.17) is 9.84 Å². The Morgan fingerprint density at radius 2 is 1.64 bits per heavy atom. The number of rotatable bonds is 10. The summed E-state index contributed by atoms with van der Waals surface area (Å²) < 4.78 is 46.2. The van der Waals surface area contributed by atoms with Crippen LogP contribution in [0.5, 0.6) is 5.75 Å². The van der Waals surface area contributed by atoms with Crippen LogP contribution in [0.3, 0.4) is 0 Å². The largest absolute Gasteiger partial charge is 0.486 e. The molecule has 0 saturated heterocycles. The van der Waals surface area contributed by atoms with E-state index in [1.807, 2.05) is 0 Å². The zero-order valence-corrected chi connectivity index (χ0v) is 17.8. The maximum atomic E-state index is 13.5. The summed E-state index contributed by atoms with van der Waals surface area (Å²) in [5, 5.41) is 8.95. The minimum absolute atomic E-state index is 0.00331. The summed E-state index contributed by atoms with van der Waals surface area (Å²) in [7, 11) is 1.66. The molecule has 3 rings (SSSR count). The Labute approximate surface area is 189 Å². The van der Waals surface area contributed by atoms with Crippen LogP contribution in [0.25, 0.3) is 0 Å². The quantitative estimate of drug-likeness (QED) is 0.441. The molecule has 0 radical (unpaired) electrons. The molecular weight excluding hydrogens is 435 g/mol. The molecule has 1 atom stereocenters. The van der Waals surface area contributed by atoms with Crippen LogP contribution in [0, 0.1) is 17.5 Å². The van der Waals surface area contributed by atoms with E-state index in [2.05, 4.69) is 0 Å². The smallest absolute Gasteiger partial charge is 0.317 e. The second kappa shape index (κ2) is 10.8. The van der Waals surface area contributed by atoms with E-state index in [1.165, 1.54) is 30.3 Å². The van der Waals surface area contributed by atoms with Crippen LogP contribution in [0.2, 0.25) is 0 Å². The predicted molar refractivity (Wildman–Crippen MR) is 116 cm³/mol. The molecule has 1 unspecified atom stereocenters. The van der Waals surface area contributed by atoms with Crippen molar-refractivity contribution in [2.24, 2.45) is 0 Å². The van der Waals surface area contributed by atoms with Gasteiger partial charge in [-0.25, -0.2) is 13.2 Å². The van der Waals surface area contributed by atoms with Gasteiger partial charge < -0.3 is 9.84 Å². The molecule has 0 aliphatic heterocycles. The molecule has 8 heteroatoms. The molecule has 3 aromatic carbocycles. The Hall–Kier alpha value is -3.65. The van der Waals surface area contributed by atoms with Crippen LogP contribution in [-0.4, -0.2) is 41.9 Å². The molecule has 0 spiro atoms. The van der Waals surface area contributed by atoms with Crippen molar-refractivity contribution in [2.45, 2.75) is 12.5 Å². The molecule has 0 heterocycles. The fraction of sp³-hybridized carbons (Fsp3) is 0.200. The lowest BCUT2D eigenvalue weighted by atomic mass is 10.0. The van der Waals surface area contributed by atoms with Gasteiger partial charge in [0.25, 0.3) is 0 Å². The molecule has 1 N–H and O–H groups in total. The zero-order valence-electron chi connectivity index (χ0n) is 17.8. The van der Waals surface area contributed by atoms with Crippen LogP contribution in [0.4, 0.5) is 13.2 Å². The van der Waals surface area contributed by atoms with Crippen molar-refractivity contribution in [3.05, 3.63) is 101 Å². The third kappa shape index (κ3) is 6.66. The van der Waals surface area contributed by atoms with E-state index >= 15 is 0 Å². The van der Waals surface area contributed by atoms with Gasteiger partial charge in [-0.3, -0.25) is 14.5 Å². The van der Waals surface area contributed by atoms with Gasteiger partial charge in [0.15, 0.2) is 17.4 Å². The first-order chi connectivity index (χ1) is 15.7. The molecule has 0 amide bonds. The number of aliphatic carboxylic acids is 1. The van der Waals surface area contributed by atoms with Crippen molar-refractivity contribution in [1.82, 2.24) is 4.90 Å². The van der Waals surface area contributed by atoms with E-state index in [-0.39, 0.29) is 17.7 Å². The number of ketones is 1. The van der Waals surface area contributed by atoms with Gasteiger partial charge >= 0.3 is 5.97 Å². The van der Waals surface area contributed by atoms with Gasteiger partial charge in [0.1, 0.15) is 17.7 Å². The minimum atomic E-state index is -1.12. The number of ether oxygens (including phenoxy) is 1. The Morgan fingerprint density at radius 3 is 2.30 bits per heavy atom. The molecule has 0 aliphatic rings. The molecule has 3 aromatic rings. The van der Waals surface area contributed by atoms with Gasteiger partial charge in [-0.1, -0.05) is 24.3 Å². The molecule has 33 heavy (non-hydrogen) atoms. The van der Waals surface area contributed by atoms with Crippen molar-refractivity contribution in [3.8, 4) is 5.75 Å². The minimum Gasteiger partial charge on any atom is -0.486 e. The lowest BCUT2D eigenvalue weighted by Crippen LogP contribution is -2.28. The van der Waals surface area contributed by atoms with E-state index in [0.29, 0.717) is 24.3 Å². The molecule has 0 aliphatic carbocycles. The van der Waals surface area contributed by atoms with E-state index in [0.717, 1.165) is 12.1 Å². The van der Waals surface area contributed by atoms with Gasteiger partial charge in [0.05, 0.1) is 6.54 Å². The number of carboxylic acid groups (broad SMARTS) is 1. The summed E-state index contributed by atoms with van der Waals surface area (Å²) in [5.41, 5.74) is 0.897. The summed E-state index contributed by atoms with van der Waals surface area (Å²) >= 11 is 0. The fourth-order valence-electron chi connectivity index (χ4n) is 3.30. The second-order valence-corrected chi connectivity index (χ2v) is 7.56. The standard InChI is InChI=1S/C25H22F3NO4/c1-29(15-24(30)31)12-11-23(16-5-8-19(26)9-6-16)33-20-4-2-3-17(13-20)25(32)18-7-10-21(27)22(28)14-18/h2-10,13-14,23H,11-12,15H2,1H3,(H,30,31). The van der Waals surface area contributed by atoms with Crippen LogP contribution in [0.15, 0.2) is 66.7 Å². The number of benzene rings is 3. The van der Waals surface area contributed by atoms with Crippen LogP contribution >= 0.6 is 0 Å². The molecule has 0 saturated carbocycles. The zero-order chi connectivity index (χ0) is 24.0. The molecular formula is C25H22F3NO4. The predicted octanol–water partition coefficient (Wildman–Crippen LogP) is 4.86. The molecule has 0 aromatic heterocycles. The first-order valence-corrected chi connectivity index (χ1v) is 10.1. The Balaban J connectivity index is 1.81. The van der Waals surface area contributed by atoms with E-state index < -0.39 is 35.3 Å². The van der Waals surface area contributed by atoms with Gasteiger partial charge in [0.2, 0.25) is 0 Å². The Kier molecular flexibility index (Phi) is 7.84. The molecule has 172 valence electrons.